The molecule has 180 valence electrons. The number of ether oxygens (including phenoxy) is 2. The van der Waals surface area contributed by atoms with E-state index in [1.807, 2.05) is 31.3 Å². The Kier molecular flexibility index (Phi) is 7.06. The van der Waals surface area contributed by atoms with E-state index in [0.717, 1.165) is 45.0 Å². The van der Waals surface area contributed by atoms with E-state index < -0.39 is 0 Å². The van der Waals surface area contributed by atoms with Gasteiger partial charge in [-0.05, 0) is 66.1 Å². The number of rotatable bonds is 8. The van der Waals surface area contributed by atoms with Crippen LogP contribution in [0.3, 0.4) is 0 Å². The Hall–Kier alpha value is -4.02. The van der Waals surface area contributed by atoms with Crippen LogP contribution in [0.1, 0.15) is 36.0 Å². The van der Waals surface area contributed by atoms with Crippen molar-refractivity contribution in [3.05, 3.63) is 76.8 Å². The first-order valence-electron chi connectivity index (χ1n) is 11.7. The van der Waals surface area contributed by atoms with E-state index in [1.54, 1.807) is 18.4 Å². The number of hydrogen-bond donors (Lipinski definition) is 0. The minimum Gasteiger partial charge on any atom is -0.497 e. The number of fused-ring (bicyclic) bond motifs is 1. The zero-order valence-corrected chi connectivity index (χ0v) is 21.3. The van der Waals surface area contributed by atoms with Crippen LogP contribution in [0.4, 0.5) is 0 Å². The summed E-state index contributed by atoms with van der Waals surface area (Å²) in [5.74, 6) is 8.04. The smallest absolute Gasteiger partial charge is 0.123 e. The fourth-order valence-electron chi connectivity index (χ4n) is 4.28. The normalized spacial score (nSPS) is 13.2. The van der Waals surface area contributed by atoms with Gasteiger partial charge in [-0.3, -0.25) is 0 Å². The van der Waals surface area contributed by atoms with E-state index in [9.17, 15) is 0 Å². The van der Waals surface area contributed by atoms with Gasteiger partial charge in [0.2, 0.25) is 0 Å². The third-order valence-electron chi connectivity index (χ3n) is 6.16. The summed E-state index contributed by atoms with van der Waals surface area (Å²) < 4.78 is 11.5. The topological polar surface area (TPSA) is 68.4 Å². The van der Waals surface area contributed by atoms with Crippen LogP contribution in [0.2, 0.25) is 0 Å². The van der Waals surface area contributed by atoms with E-state index in [-0.39, 0.29) is 5.92 Å². The van der Waals surface area contributed by atoms with Crippen LogP contribution in [0.25, 0.3) is 21.3 Å². The van der Waals surface area contributed by atoms with Crippen LogP contribution in [0.5, 0.6) is 11.5 Å². The summed E-state index contributed by atoms with van der Waals surface area (Å²) in [5.41, 5.74) is 6.66. The maximum absolute atomic E-state index is 6.10. The van der Waals surface area contributed by atoms with Gasteiger partial charge in [0, 0.05) is 34.5 Å². The summed E-state index contributed by atoms with van der Waals surface area (Å²) in [4.78, 5) is 5.70. The summed E-state index contributed by atoms with van der Waals surface area (Å²) in [6, 6.07) is 16.5. The zero-order valence-electron chi connectivity index (χ0n) is 20.5. The lowest BCUT2D eigenvalue weighted by atomic mass is 9.94. The molecular formula is C29H26N4O2S. The summed E-state index contributed by atoms with van der Waals surface area (Å²) >= 11 is 1.66. The predicted octanol–water partition coefficient (Wildman–Crippen LogP) is 7.18. The molecule has 0 saturated heterocycles. The first-order valence-corrected chi connectivity index (χ1v) is 12.6. The number of nitrogens with zero attached hydrogens (tertiary/aromatic N) is 4. The number of methoxy groups -OCH3 is 1. The van der Waals surface area contributed by atoms with Crippen molar-refractivity contribution in [2.45, 2.75) is 32.8 Å². The van der Waals surface area contributed by atoms with Crippen LogP contribution in [-0.2, 0) is 6.61 Å². The molecule has 1 aliphatic heterocycles. The van der Waals surface area contributed by atoms with Crippen LogP contribution >= 0.6 is 11.3 Å². The predicted molar refractivity (Wildman–Crippen MR) is 145 cm³/mol. The summed E-state index contributed by atoms with van der Waals surface area (Å²) in [6.07, 6.45) is 2.62. The van der Waals surface area contributed by atoms with Crippen molar-refractivity contribution in [1.29, 1.82) is 0 Å². The molecule has 2 aromatic carbocycles. The number of hydrogen-bond acceptors (Lipinski definition) is 7. The molecule has 1 atom stereocenters. The van der Waals surface area contributed by atoms with Crippen LogP contribution in [-0.4, -0.2) is 24.4 Å². The molecule has 1 aliphatic rings. The van der Waals surface area contributed by atoms with Crippen LogP contribution in [0.15, 0.2) is 75.5 Å². The van der Waals surface area contributed by atoms with Gasteiger partial charge >= 0.3 is 0 Å². The lowest BCUT2D eigenvalue weighted by molar-refractivity contribution is 0.306. The first kappa shape index (κ1) is 23.7. The quantitative estimate of drug-likeness (QED) is 0.244. The molecule has 0 radical (unpaired) electrons. The molecule has 0 fully saturated rings. The van der Waals surface area contributed by atoms with Crippen molar-refractivity contribution in [1.82, 2.24) is 4.98 Å². The van der Waals surface area contributed by atoms with Gasteiger partial charge in [0.05, 0.1) is 18.7 Å². The molecule has 2 aromatic heterocycles. The summed E-state index contributed by atoms with van der Waals surface area (Å²) in [5, 5.41) is 15.1. The third-order valence-corrected chi connectivity index (χ3v) is 7.06. The van der Waals surface area contributed by atoms with E-state index in [2.05, 4.69) is 74.9 Å². The molecule has 7 heteroatoms. The van der Waals surface area contributed by atoms with E-state index in [1.165, 1.54) is 16.7 Å². The lowest BCUT2D eigenvalue weighted by Crippen LogP contribution is -2.07. The number of thiophene rings is 1. The lowest BCUT2D eigenvalue weighted by Gasteiger charge is -2.12. The molecular weight excluding hydrogens is 468 g/mol. The standard InChI is InChI=1S/C29H26N4O2S/c1-4-5-22(14-23-16-31-33-32-23)21-6-8-24(9-7-21)35-17-20-13-27-28(18-36-29(27)30-15-20)26-11-10-25(34-3)12-19(26)2/h6-13,15,18,22H,14,16-17H2,1-3H3/t22-/m0/s1. The Morgan fingerprint density at radius 2 is 1.89 bits per heavy atom. The van der Waals surface area contributed by atoms with E-state index in [4.69, 9.17) is 9.47 Å². The van der Waals surface area contributed by atoms with Gasteiger partial charge in [0.1, 0.15) is 29.5 Å². The van der Waals surface area contributed by atoms with Crippen molar-refractivity contribution in [2.75, 3.05) is 13.7 Å². The molecule has 0 saturated carbocycles. The minimum absolute atomic E-state index is 0.0660. The molecule has 0 N–H and O–H groups in total. The highest BCUT2D eigenvalue weighted by Crippen LogP contribution is 2.36. The van der Waals surface area contributed by atoms with Gasteiger partial charge in [-0.2, -0.15) is 5.11 Å². The Morgan fingerprint density at radius 1 is 1.06 bits per heavy atom. The van der Waals surface area contributed by atoms with Crippen molar-refractivity contribution in [3.8, 4) is 34.5 Å². The summed E-state index contributed by atoms with van der Waals surface area (Å²) in [7, 11) is 1.69. The molecule has 0 spiro atoms. The molecule has 0 unspecified atom stereocenters. The van der Waals surface area contributed by atoms with Gasteiger partial charge in [0.25, 0.3) is 0 Å². The largest absolute Gasteiger partial charge is 0.497 e. The van der Waals surface area contributed by atoms with E-state index in [0.29, 0.717) is 13.2 Å². The van der Waals surface area contributed by atoms with Crippen molar-refractivity contribution in [3.63, 3.8) is 0 Å². The van der Waals surface area contributed by atoms with Gasteiger partial charge < -0.3 is 9.47 Å². The van der Waals surface area contributed by atoms with E-state index >= 15 is 0 Å². The second-order valence-electron chi connectivity index (χ2n) is 8.59. The highest BCUT2D eigenvalue weighted by atomic mass is 32.1. The third kappa shape index (κ3) is 5.14. The Bertz CT molecular complexity index is 1510. The van der Waals surface area contributed by atoms with Crippen molar-refractivity contribution in [2.24, 2.45) is 15.4 Å². The Morgan fingerprint density at radius 3 is 2.61 bits per heavy atom. The summed E-state index contributed by atoms with van der Waals surface area (Å²) in [6.45, 7) is 4.96. The second kappa shape index (κ2) is 10.7. The number of pyridine rings is 1. The van der Waals surface area contributed by atoms with Crippen molar-refractivity contribution < 1.29 is 9.47 Å². The van der Waals surface area contributed by atoms with Gasteiger partial charge in [-0.15, -0.1) is 22.4 Å². The number of aromatic nitrogens is 1. The van der Waals surface area contributed by atoms with Gasteiger partial charge in [-0.1, -0.05) is 24.1 Å². The van der Waals surface area contributed by atoms with Crippen molar-refractivity contribution >= 4 is 27.3 Å². The van der Waals surface area contributed by atoms with Gasteiger partial charge in [0.15, 0.2) is 0 Å². The highest BCUT2D eigenvalue weighted by molar-refractivity contribution is 7.17. The monoisotopic (exact) mass is 494 g/mol. The SMILES string of the molecule is CC#C[C@@H](CC1=NN=NC1)c1ccc(OCc2cnc3scc(-c4ccc(OC)cc4C)c3c2)cc1. The molecule has 3 heterocycles. The fourth-order valence-corrected chi connectivity index (χ4v) is 5.18. The second-order valence-corrected chi connectivity index (χ2v) is 9.45. The van der Waals surface area contributed by atoms with Crippen LogP contribution in [0, 0.1) is 18.8 Å². The van der Waals surface area contributed by atoms with Crippen LogP contribution < -0.4 is 9.47 Å². The zero-order chi connectivity index (χ0) is 24.9. The Labute approximate surface area is 214 Å². The molecule has 6 nitrogen and oxygen atoms in total. The molecule has 0 aliphatic carbocycles. The molecule has 4 aromatic rings. The average Bonchev–Trinajstić information content (AvgIpc) is 3.57. The van der Waals surface area contributed by atoms with Gasteiger partial charge in [-0.25, -0.2) is 4.98 Å². The fraction of sp³-hybridized carbons (Fsp3) is 0.241. The maximum atomic E-state index is 6.10. The molecule has 0 bridgehead atoms. The number of benzene rings is 2. The average molecular weight is 495 g/mol. The Balaban J connectivity index is 1.30. The molecule has 5 rings (SSSR count). The number of aryl methyl sites for hydroxylation is 1. The maximum Gasteiger partial charge on any atom is 0.123 e. The molecule has 36 heavy (non-hydrogen) atoms. The highest BCUT2D eigenvalue weighted by Gasteiger charge is 2.15. The molecule has 0 amide bonds. The minimum atomic E-state index is 0.0660. The first-order chi connectivity index (χ1) is 17.6.